The number of methoxy groups -OCH3 is 2. The Morgan fingerprint density at radius 2 is 1.59 bits per heavy atom. The highest BCUT2D eigenvalue weighted by molar-refractivity contribution is 5.66. The van der Waals surface area contributed by atoms with Crippen molar-refractivity contribution in [3.8, 4) is 23.6 Å². The van der Waals surface area contributed by atoms with Crippen LogP contribution in [0.2, 0.25) is 0 Å². The normalized spacial score (nSPS) is 9.45. The molecule has 5 nitrogen and oxygen atoms in total. The van der Waals surface area contributed by atoms with Gasteiger partial charge in [-0.3, -0.25) is 0 Å². The lowest BCUT2D eigenvalue weighted by Crippen LogP contribution is -2.04. The molecule has 0 aliphatic carbocycles. The lowest BCUT2D eigenvalue weighted by molar-refractivity contribution is 0.354. The maximum atomic E-state index is 9.15. The fourth-order valence-corrected chi connectivity index (χ4v) is 2.11. The molecule has 0 unspecified atom stereocenters. The van der Waals surface area contributed by atoms with Gasteiger partial charge in [-0.05, 0) is 29.8 Å². The van der Waals surface area contributed by atoms with Crippen LogP contribution < -0.4 is 14.8 Å². The highest BCUT2D eigenvalue weighted by Gasteiger charge is 2.09. The van der Waals surface area contributed by atoms with Crippen molar-refractivity contribution < 1.29 is 9.47 Å². The van der Waals surface area contributed by atoms with E-state index >= 15 is 0 Å². The number of ether oxygens (including phenoxy) is 2. The minimum absolute atomic E-state index is 0.444. The molecule has 0 saturated heterocycles. The summed E-state index contributed by atoms with van der Waals surface area (Å²) in [5.74, 6) is 1.29. The predicted molar refractivity (Wildman–Crippen MR) is 82.7 cm³/mol. The molecule has 2 aromatic rings. The second-order valence-electron chi connectivity index (χ2n) is 4.49. The SMILES string of the molecule is COc1ccc(CNc2c(C#N)cccc2C#N)cc1OC. The minimum Gasteiger partial charge on any atom is -0.493 e. The number of benzene rings is 2. The topological polar surface area (TPSA) is 78.1 Å². The van der Waals surface area contributed by atoms with Gasteiger partial charge in [-0.1, -0.05) is 12.1 Å². The van der Waals surface area contributed by atoms with Crippen molar-refractivity contribution in [3.63, 3.8) is 0 Å². The van der Waals surface area contributed by atoms with Crippen molar-refractivity contribution in [1.82, 2.24) is 0 Å². The maximum absolute atomic E-state index is 9.15. The van der Waals surface area contributed by atoms with E-state index < -0.39 is 0 Å². The van der Waals surface area contributed by atoms with Crippen LogP contribution in [0.15, 0.2) is 36.4 Å². The molecule has 0 fully saturated rings. The standard InChI is InChI=1S/C17H15N3O2/c1-21-15-7-6-12(8-16(15)22-2)11-20-17-13(9-18)4-3-5-14(17)10-19/h3-8,20H,11H2,1-2H3. The Bertz CT molecular complexity index is 725. The van der Waals surface area contributed by atoms with E-state index in [1.807, 2.05) is 18.2 Å². The van der Waals surface area contributed by atoms with Crippen LogP contribution in [0, 0.1) is 22.7 Å². The first-order chi connectivity index (χ1) is 10.7. The van der Waals surface area contributed by atoms with Crippen LogP contribution in [-0.2, 0) is 6.54 Å². The number of anilines is 1. The lowest BCUT2D eigenvalue weighted by Gasteiger charge is -2.12. The monoisotopic (exact) mass is 293 g/mol. The summed E-state index contributed by atoms with van der Waals surface area (Å²) in [7, 11) is 3.16. The van der Waals surface area contributed by atoms with Crippen molar-refractivity contribution in [2.45, 2.75) is 6.54 Å². The molecule has 22 heavy (non-hydrogen) atoms. The van der Waals surface area contributed by atoms with Crippen molar-refractivity contribution in [2.75, 3.05) is 19.5 Å². The van der Waals surface area contributed by atoms with Crippen LogP contribution >= 0.6 is 0 Å². The van der Waals surface area contributed by atoms with Gasteiger partial charge in [0.25, 0.3) is 0 Å². The van der Waals surface area contributed by atoms with E-state index in [1.54, 1.807) is 32.4 Å². The van der Waals surface area contributed by atoms with Gasteiger partial charge in [0.1, 0.15) is 12.1 Å². The molecule has 0 aliphatic heterocycles. The van der Waals surface area contributed by atoms with Gasteiger partial charge in [-0.15, -0.1) is 0 Å². The third-order valence-corrected chi connectivity index (χ3v) is 3.22. The molecule has 0 amide bonds. The average Bonchev–Trinajstić information content (AvgIpc) is 2.59. The summed E-state index contributed by atoms with van der Waals surface area (Å²) in [4.78, 5) is 0. The van der Waals surface area contributed by atoms with Crippen molar-refractivity contribution >= 4 is 5.69 Å². The molecule has 0 spiro atoms. The summed E-state index contributed by atoms with van der Waals surface area (Å²) in [6.07, 6.45) is 0. The Balaban J connectivity index is 2.25. The third-order valence-electron chi connectivity index (χ3n) is 3.22. The number of rotatable bonds is 5. The first kappa shape index (κ1) is 15.2. The third kappa shape index (κ3) is 3.11. The van der Waals surface area contributed by atoms with Gasteiger partial charge < -0.3 is 14.8 Å². The maximum Gasteiger partial charge on any atom is 0.161 e. The second kappa shape index (κ2) is 7.01. The minimum atomic E-state index is 0.444. The molecule has 2 aromatic carbocycles. The Labute approximate surface area is 129 Å². The average molecular weight is 293 g/mol. The van der Waals surface area contributed by atoms with Crippen molar-refractivity contribution in [3.05, 3.63) is 53.1 Å². The quantitative estimate of drug-likeness (QED) is 0.916. The molecule has 2 rings (SSSR count). The van der Waals surface area contributed by atoms with Gasteiger partial charge in [0.2, 0.25) is 0 Å². The van der Waals surface area contributed by atoms with Gasteiger partial charge in [0.15, 0.2) is 11.5 Å². The molecule has 0 atom stereocenters. The van der Waals surface area contributed by atoms with E-state index in [4.69, 9.17) is 20.0 Å². The van der Waals surface area contributed by atoms with Gasteiger partial charge >= 0.3 is 0 Å². The Kier molecular flexibility index (Phi) is 4.85. The van der Waals surface area contributed by atoms with Crippen LogP contribution in [0.5, 0.6) is 11.5 Å². The number of para-hydroxylation sites is 1. The summed E-state index contributed by atoms with van der Waals surface area (Å²) in [6, 6.07) is 14.8. The van der Waals surface area contributed by atoms with E-state index in [0.29, 0.717) is 34.9 Å². The van der Waals surface area contributed by atoms with E-state index in [9.17, 15) is 0 Å². The van der Waals surface area contributed by atoms with E-state index in [-0.39, 0.29) is 0 Å². The van der Waals surface area contributed by atoms with Crippen LogP contribution in [-0.4, -0.2) is 14.2 Å². The second-order valence-corrected chi connectivity index (χ2v) is 4.49. The smallest absolute Gasteiger partial charge is 0.161 e. The van der Waals surface area contributed by atoms with Gasteiger partial charge in [0, 0.05) is 6.54 Å². The van der Waals surface area contributed by atoms with E-state index in [1.165, 1.54) is 0 Å². The van der Waals surface area contributed by atoms with E-state index in [0.717, 1.165) is 5.56 Å². The summed E-state index contributed by atoms with van der Waals surface area (Å²) >= 11 is 0. The molecule has 0 bridgehead atoms. The molecular formula is C17H15N3O2. The van der Waals surface area contributed by atoms with E-state index in [2.05, 4.69) is 17.5 Å². The lowest BCUT2D eigenvalue weighted by atomic mass is 10.1. The Hall–Kier alpha value is -3.18. The Morgan fingerprint density at radius 3 is 2.14 bits per heavy atom. The van der Waals surface area contributed by atoms with Crippen LogP contribution in [0.25, 0.3) is 0 Å². The van der Waals surface area contributed by atoms with Crippen LogP contribution in [0.1, 0.15) is 16.7 Å². The number of hydrogen-bond donors (Lipinski definition) is 1. The molecule has 5 heteroatoms. The molecule has 1 N–H and O–H groups in total. The highest BCUT2D eigenvalue weighted by atomic mass is 16.5. The molecule has 0 radical (unpaired) electrons. The highest BCUT2D eigenvalue weighted by Crippen LogP contribution is 2.28. The summed E-state index contributed by atoms with van der Waals surface area (Å²) in [6.45, 7) is 0.466. The van der Waals surface area contributed by atoms with Gasteiger partial charge in [-0.25, -0.2) is 0 Å². The zero-order chi connectivity index (χ0) is 15.9. The summed E-state index contributed by atoms with van der Waals surface area (Å²) in [5, 5.41) is 21.4. The molecular weight excluding hydrogens is 278 g/mol. The molecule has 0 aliphatic rings. The van der Waals surface area contributed by atoms with Crippen molar-refractivity contribution in [2.24, 2.45) is 0 Å². The van der Waals surface area contributed by atoms with Crippen LogP contribution in [0.4, 0.5) is 5.69 Å². The molecule has 0 heterocycles. The summed E-state index contributed by atoms with van der Waals surface area (Å²) in [5.41, 5.74) is 2.38. The molecule has 0 aromatic heterocycles. The Morgan fingerprint density at radius 1 is 0.955 bits per heavy atom. The molecule has 0 saturated carbocycles. The largest absolute Gasteiger partial charge is 0.493 e. The van der Waals surface area contributed by atoms with Gasteiger partial charge in [0.05, 0.1) is 31.0 Å². The number of nitrogens with one attached hydrogen (secondary N) is 1. The van der Waals surface area contributed by atoms with Crippen LogP contribution in [0.3, 0.4) is 0 Å². The number of nitrogens with zero attached hydrogens (tertiary/aromatic N) is 2. The fourth-order valence-electron chi connectivity index (χ4n) is 2.11. The molecule has 110 valence electrons. The van der Waals surface area contributed by atoms with Gasteiger partial charge in [-0.2, -0.15) is 10.5 Å². The first-order valence-corrected chi connectivity index (χ1v) is 6.61. The number of hydrogen-bond acceptors (Lipinski definition) is 5. The zero-order valence-corrected chi connectivity index (χ0v) is 12.4. The predicted octanol–water partition coefficient (Wildman–Crippen LogP) is 3.06. The summed E-state index contributed by atoms with van der Waals surface area (Å²) < 4.78 is 10.5. The first-order valence-electron chi connectivity index (χ1n) is 6.61. The zero-order valence-electron chi connectivity index (χ0n) is 12.4. The number of nitriles is 2. The fraction of sp³-hybridized carbons (Fsp3) is 0.176. The van der Waals surface area contributed by atoms with Crippen molar-refractivity contribution in [1.29, 1.82) is 10.5 Å².